The van der Waals surface area contributed by atoms with Crippen LogP contribution in [-0.2, 0) is 31.4 Å². The Hall–Kier alpha value is -2.75. The molecule has 0 saturated heterocycles. The van der Waals surface area contributed by atoms with E-state index in [0.717, 1.165) is 16.9 Å². The summed E-state index contributed by atoms with van der Waals surface area (Å²) >= 11 is 1.56. The number of hydrogen-bond donors (Lipinski definition) is 3. The Morgan fingerprint density at radius 3 is 2.23 bits per heavy atom. The van der Waals surface area contributed by atoms with E-state index in [2.05, 4.69) is 10.6 Å². The number of nitrogens with two attached hydrogens (primary N) is 1. The lowest BCUT2D eigenvalue weighted by Crippen LogP contribution is -2.49. The number of amides is 2. The van der Waals surface area contributed by atoms with E-state index in [1.807, 2.05) is 60.7 Å². The average molecular weight is 524 g/mol. The maximum Gasteiger partial charge on any atom is 0.407 e. The highest BCUT2D eigenvalue weighted by molar-refractivity contribution is 7.98. The standard InChI is InChI=1S/C25H33N3O5S.ClH/c1-32-24(30)22(28-23(29)21(26)18-34-17-20-12-6-3-7-13-20)14-8-9-15-27-25(31)33-16-19-10-4-2-5-11-19;/h2-7,10-13,21-22H,8-9,14-18,26H2,1H3,(H,27,31)(H,28,29);1H/t21-,22-;/m0./s1. The molecule has 0 unspecified atom stereocenters. The van der Waals surface area contributed by atoms with Crippen molar-refractivity contribution in [1.82, 2.24) is 10.6 Å². The van der Waals surface area contributed by atoms with E-state index in [9.17, 15) is 14.4 Å². The molecule has 0 saturated carbocycles. The summed E-state index contributed by atoms with van der Waals surface area (Å²) in [6.07, 6.45) is 1.09. The van der Waals surface area contributed by atoms with E-state index in [1.165, 1.54) is 7.11 Å². The second kappa shape index (κ2) is 17.7. The van der Waals surface area contributed by atoms with Gasteiger partial charge in [0.1, 0.15) is 12.6 Å². The normalized spacial score (nSPS) is 11.9. The molecule has 0 aliphatic heterocycles. The quantitative estimate of drug-likeness (QED) is 0.256. The van der Waals surface area contributed by atoms with E-state index >= 15 is 0 Å². The minimum absolute atomic E-state index is 0. The van der Waals surface area contributed by atoms with Gasteiger partial charge in [-0.2, -0.15) is 11.8 Å². The molecular weight excluding hydrogens is 490 g/mol. The predicted molar refractivity (Wildman–Crippen MR) is 140 cm³/mol. The summed E-state index contributed by atoms with van der Waals surface area (Å²) in [4.78, 5) is 36.3. The number of alkyl carbamates (subject to hydrolysis) is 1. The third-order valence-corrected chi connectivity index (χ3v) is 6.08. The van der Waals surface area contributed by atoms with Gasteiger partial charge in [-0.1, -0.05) is 60.7 Å². The number of methoxy groups -OCH3 is 1. The number of carbonyl (C=O) groups excluding carboxylic acids is 3. The van der Waals surface area contributed by atoms with Crippen LogP contribution in [-0.4, -0.2) is 49.5 Å². The van der Waals surface area contributed by atoms with Crippen LogP contribution in [0.5, 0.6) is 0 Å². The van der Waals surface area contributed by atoms with Crippen LogP contribution in [0.2, 0.25) is 0 Å². The molecule has 0 aliphatic rings. The van der Waals surface area contributed by atoms with Crippen molar-refractivity contribution in [3.63, 3.8) is 0 Å². The summed E-state index contributed by atoms with van der Waals surface area (Å²) in [5.41, 5.74) is 8.07. The van der Waals surface area contributed by atoms with Crippen LogP contribution < -0.4 is 16.4 Å². The monoisotopic (exact) mass is 523 g/mol. The highest BCUT2D eigenvalue weighted by Gasteiger charge is 2.24. The fourth-order valence-corrected chi connectivity index (χ4v) is 4.01. The number of carbonyl (C=O) groups is 3. The van der Waals surface area contributed by atoms with Gasteiger partial charge in [-0.15, -0.1) is 12.4 Å². The Bertz CT molecular complexity index is 889. The van der Waals surface area contributed by atoms with Crippen LogP contribution in [0.4, 0.5) is 4.79 Å². The first-order valence-corrected chi connectivity index (χ1v) is 12.3. The lowest BCUT2D eigenvalue weighted by molar-refractivity contribution is -0.145. The lowest BCUT2D eigenvalue weighted by atomic mass is 10.1. The molecule has 0 spiro atoms. The number of hydrogen-bond acceptors (Lipinski definition) is 7. The molecular formula is C25H34ClN3O5S. The van der Waals surface area contributed by atoms with Crippen LogP contribution in [0.15, 0.2) is 60.7 Å². The third-order valence-electron chi connectivity index (χ3n) is 4.95. The molecule has 0 aliphatic carbocycles. The maximum absolute atomic E-state index is 12.5. The molecule has 2 amide bonds. The number of thioether (sulfide) groups is 1. The van der Waals surface area contributed by atoms with Crippen LogP contribution >= 0.6 is 24.2 Å². The van der Waals surface area contributed by atoms with E-state index in [-0.39, 0.29) is 19.0 Å². The summed E-state index contributed by atoms with van der Waals surface area (Å²) in [5.74, 6) is 0.276. The van der Waals surface area contributed by atoms with Gasteiger partial charge in [0.15, 0.2) is 0 Å². The molecule has 0 bridgehead atoms. The van der Waals surface area contributed by atoms with Gasteiger partial charge in [0.25, 0.3) is 0 Å². The summed E-state index contributed by atoms with van der Waals surface area (Å²) in [6.45, 7) is 0.595. The van der Waals surface area contributed by atoms with Crippen molar-refractivity contribution in [2.24, 2.45) is 5.73 Å². The fraction of sp³-hybridized carbons (Fsp3) is 0.400. The smallest absolute Gasteiger partial charge is 0.407 e. The summed E-state index contributed by atoms with van der Waals surface area (Å²) in [7, 11) is 1.28. The van der Waals surface area contributed by atoms with Gasteiger partial charge >= 0.3 is 12.1 Å². The maximum atomic E-state index is 12.5. The van der Waals surface area contributed by atoms with E-state index in [4.69, 9.17) is 15.2 Å². The van der Waals surface area contributed by atoms with Crippen LogP contribution in [0.3, 0.4) is 0 Å². The molecule has 192 valence electrons. The number of unbranched alkanes of at least 4 members (excludes halogenated alkanes) is 1. The Kier molecular flexibility index (Phi) is 15.3. The molecule has 0 aromatic heterocycles. The topological polar surface area (TPSA) is 120 Å². The van der Waals surface area contributed by atoms with Crippen LogP contribution in [0.1, 0.15) is 30.4 Å². The number of nitrogens with one attached hydrogen (secondary N) is 2. The number of rotatable bonds is 14. The average Bonchev–Trinajstić information content (AvgIpc) is 2.87. The fourth-order valence-electron chi connectivity index (χ4n) is 3.06. The van der Waals surface area contributed by atoms with Crippen molar-refractivity contribution in [2.45, 2.75) is 43.7 Å². The summed E-state index contributed by atoms with van der Waals surface area (Å²) in [6, 6.07) is 17.8. The van der Waals surface area contributed by atoms with Crippen LogP contribution in [0, 0.1) is 0 Å². The molecule has 2 atom stereocenters. The minimum atomic E-state index is -0.785. The van der Waals surface area contributed by atoms with Crippen molar-refractivity contribution in [2.75, 3.05) is 19.4 Å². The minimum Gasteiger partial charge on any atom is -0.467 e. The molecule has 10 heteroatoms. The van der Waals surface area contributed by atoms with E-state index in [1.54, 1.807) is 11.8 Å². The summed E-state index contributed by atoms with van der Waals surface area (Å²) < 4.78 is 9.97. The lowest BCUT2D eigenvalue weighted by Gasteiger charge is -2.19. The predicted octanol–water partition coefficient (Wildman–Crippen LogP) is 3.42. The van der Waals surface area contributed by atoms with E-state index in [0.29, 0.717) is 31.6 Å². The molecule has 0 fully saturated rings. The van der Waals surface area contributed by atoms with E-state index < -0.39 is 30.1 Å². The molecule has 0 heterocycles. The molecule has 2 aromatic carbocycles. The molecule has 35 heavy (non-hydrogen) atoms. The van der Waals surface area contributed by atoms with Crippen molar-refractivity contribution in [3.8, 4) is 0 Å². The molecule has 0 radical (unpaired) electrons. The Morgan fingerprint density at radius 2 is 1.60 bits per heavy atom. The third kappa shape index (κ3) is 12.5. The zero-order valence-electron chi connectivity index (χ0n) is 19.8. The Balaban J connectivity index is 0.00000612. The van der Waals surface area contributed by atoms with Crippen molar-refractivity contribution >= 4 is 42.1 Å². The first kappa shape index (κ1) is 30.3. The van der Waals surface area contributed by atoms with Gasteiger partial charge in [-0.3, -0.25) is 4.79 Å². The highest BCUT2D eigenvalue weighted by Crippen LogP contribution is 2.12. The van der Waals surface area contributed by atoms with Crippen LogP contribution in [0.25, 0.3) is 0 Å². The SMILES string of the molecule is COC(=O)[C@H](CCCCNC(=O)OCc1ccccc1)NC(=O)[C@@H](N)CSCc1ccccc1.Cl. The summed E-state index contributed by atoms with van der Waals surface area (Å²) in [5, 5.41) is 5.37. The van der Waals surface area contributed by atoms with Crippen molar-refractivity contribution < 1.29 is 23.9 Å². The molecule has 2 rings (SSSR count). The second-order valence-electron chi connectivity index (χ2n) is 7.68. The van der Waals surface area contributed by atoms with Crippen molar-refractivity contribution in [3.05, 3.63) is 71.8 Å². The number of benzene rings is 2. The molecule has 2 aromatic rings. The van der Waals surface area contributed by atoms with Gasteiger partial charge in [0.2, 0.25) is 5.91 Å². The highest BCUT2D eigenvalue weighted by atomic mass is 35.5. The van der Waals surface area contributed by atoms with Gasteiger partial charge in [0, 0.05) is 18.1 Å². The Labute approximate surface area is 217 Å². The van der Waals surface area contributed by atoms with Gasteiger partial charge in [-0.05, 0) is 30.4 Å². The Morgan fingerprint density at radius 1 is 0.971 bits per heavy atom. The largest absolute Gasteiger partial charge is 0.467 e. The zero-order chi connectivity index (χ0) is 24.6. The van der Waals surface area contributed by atoms with Crippen molar-refractivity contribution in [1.29, 1.82) is 0 Å². The number of esters is 1. The second-order valence-corrected chi connectivity index (χ2v) is 8.71. The first-order valence-electron chi connectivity index (χ1n) is 11.2. The first-order chi connectivity index (χ1) is 16.5. The van der Waals surface area contributed by atoms with Gasteiger partial charge < -0.3 is 25.8 Å². The van der Waals surface area contributed by atoms with Gasteiger partial charge in [-0.25, -0.2) is 9.59 Å². The molecule has 8 nitrogen and oxygen atoms in total. The zero-order valence-corrected chi connectivity index (χ0v) is 21.4. The number of halogens is 1. The number of ether oxygens (including phenoxy) is 2. The molecule has 4 N–H and O–H groups in total. The van der Waals surface area contributed by atoms with Gasteiger partial charge in [0.05, 0.1) is 13.2 Å².